The molecule has 0 aromatic carbocycles. The molecule has 0 unspecified atom stereocenters. The SMILES string of the molecule is Nc1cnccc1-c1nncn1C1CCCC1. The zero-order valence-electron chi connectivity index (χ0n) is 9.58. The Kier molecular flexibility index (Phi) is 2.51. The molecule has 1 aliphatic rings. The summed E-state index contributed by atoms with van der Waals surface area (Å²) >= 11 is 0. The number of hydrogen-bond donors (Lipinski definition) is 1. The molecule has 0 amide bonds. The molecule has 2 aromatic heterocycles. The number of anilines is 1. The molecule has 88 valence electrons. The summed E-state index contributed by atoms with van der Waals surface area (Å²) in [6, 6.07) is 2.41. The van der Waals surface area contributed by atoms with Crippen LogP contribution >= 0.6 is 0 Å². The molecule has 1 saturated carbocycles. The standard InChI is InChI=1S/C12H15N5/c13-11-7-14-6-5-10(11)12-16-15-8-17(12)9-3-1-2-4-9/h5-9H,1-4,13H2. The van der Waals surface area contributed by atoms with Crippen molar-refractivity contribution in [3.05, 3.63) is 24.8 Å². The van der Waals surface area contributed by atoms with Crippen molar-refractivity contribution in [1.29, 1.82) is 0 Å². The van der Waals surface area contributed by atoms with Crippen LogP contribution in [-0.4, -0.2) is 19.7 Å². The van der Waals surface area contributed by atoms with Crippen LogP contribution in [0.25, 0.3) is 11.4 Å². The van der Waals surface area contributed by atoms with Gasteiger partial charge in [0, 0.05) is 17.8 Å². The fourth-order valence-corrected chi connectivity index (χ4v) is 2.50. The number of rotatable bonds is 2. The number of hydrogen-bond acceptors (Lipinski definition) is 4. The Morgan fingerprint density at radius 2 is 2.12 bits per heavy atom. The minimum atomic E-state index is 0.521. The van der Waals surface area contributed by atoms with Gasteiger partial charge < -0.3 is 10.3 Å². The van der Waals surface area contributed by atoms with E-state index in [1.165, 1.54) is 25.7 Å². The lowest BCUT2D eigenvalue weighted by atomic mass is 10.2. The third kappa shape index (κ3) is 1.77. The maximum Gasteiger partial charge on any atom is 0.166 e. The minimum Gasteiger partial charge on any atom is -0.397 e. The summed E-state index contributed by atoms with van der Waals surface area (Å²) in [6.45, 7) is 0. The molecular weight excluding hydrogens is 214 g/mol. The zero-order chi connectivity index (χ0) is 11.7. The van der Waals surface area contributed by atoms with E-state index in [0.29, 0.717) is 11.7 Å². The Labute approximate surface area is 99.7 Å². The van der Waals surface area contributed by atoms with Crippen LogP contribution in [0.5, 0.6) is 0 Å². The van der Waals surface area contributed by atoms with Gasteiger partial charge in [-0.3, -0.25) is 4.98 Å². The largest absolute Gasteiger partial charge is 0.397 e. The number of nitrogens with zero attached hydrogens (tertiary/aromatic N) is 4. The van der Waals surface area contributed by atoms with Crippen molar-refractivity contribution in [3.8, 4) is 11.4 Å². The van der Waals surface area contributed by atoms with Gasteiger partial charge in [0.2, 0.25) is 0 Å². The van der Waals surface area contributed by atoms with Gasteiger partial charge in [-0.15, -0.1) is 10.2 Å². The second-order valence-corrected chi connectivity index (χ2v) is 4.46. The van der Waals surface area contributed by atoms with Crippen LogP contribution < -0.4 is 5.73 Å². The molecule has 2 heterocycles. The Morgan fingerprint density at radius 3 is 2.88 bits per heavy atom. The van der Waals surface area contributed by atoms with Crippen molar-refractivity contribution in [1.82, 2.24) is 19.7 Å². The predicted octanol–water partition coefficient (Wildman–Crippen LogP) is 2.04. The quantitative estimate of drug-likeness (QED) is 0.855. The molecule has 0 bridgehead atoms. The third-order valence-corrected chi connectivity index (χ3v) is 3.38. The Morgan fingerprint density at radius 1 is 1.29 bits per heavy atom. The maximum absolute atomic E-state index is 5.94. The van der Waals surface area contributed by atoms with Crippen molar-refractivity contribution < 1.29 is 0 Å². The third-order valence-electron chi connectivity index (χ3n) is 3.38. The summed E-state index contributed by atoms with van der Waals surface area (Å²) in [6.07, 6.45) is 10.2. The molecule has 0 saturated heterocycles. The highest BCUT2D eigenvalue weighted by Gasteiger charge is 2.21. The lowest BCUT2D eigenvalue weighted by Gasteiger charge is -2.14. The van der Waals surface area contributed by atoms with Crippen molar-refractivity contribution >= 4 is 5.69 Å². The van der Waals surface area contributed by atoms with E-state index in [2.05, 4.69) is 19.7 Å². The molecule has 5 heteroatoms. The van der Waals surface area contributed by atoms with Gasteiger partial charge in [-0.25, -0.2) is 0 Å². The number of pyridine rings is 1. The number of nitrogen functional groups attached to an aromatic ring is 1. The zero-order valence-corrected chi connectivity index (χ0v) is 9.58. The minimum absolute atomic E-state index is 0.521. The normalized spacial score (nSPS) is 16.5. The molecule has 2 N–H and O–H groups in total. The van der Waals surface area contributed by atoms with Gasteiger partial charge in [0.1, 0.15) is 6.33 Å². The van der Waals surface area contributed by atoms with Gasteiger partial charge in [-0.1, -0.05) is 12.8 Å². The van der Waals surface area contributed by atoms with Crippen LogP contribution in [0.3, 0.4) is 0 Å². The lowest BCUT2D eigenvalue weighted by Crippen LogP contribution is -2.06. The van der Waals surface area contributed by atoms with Gasteiger partial charge in [-0.05, 0) is 18.9 Å². The summed E-state index contributed by atoms with van der Waals surface area (Å²) in [5, 5.41) is 8.22. The van der Waals surface area contributed by atoms with E-state index in [9.17, 15) is 0 Å². The summed E-state index contributed by atoms with van der Waals surface area (Å²) in [7, 11) is 0. The van der Waals surface area contributed by atoms with Crippen LogP contribution in [0.1, 0.15) is 31.7 Å². The van der Waals surface area contributed by atoms with E-state index >= 15 is 0 Å². The van der Waals surface area contributed by atoms with E-state index in [1.807, 2.05) is 12.4 Å². The van der Waals surface area contributed by atoms with Crippen molar-refractivity contribution in [2.24, 2.45) is 0 Å². The lowest BCUT2D eigenvalue weighted by molar-refractivity contribution is 0.522. The first-order valence-corrected chi connectivity index (χ1v) is 5.95. The summed E-state index contributed by atoms with van der Waals surface area (Å²) in [5.74, 6) is 0.858. The van der Waals surface area contributed by atoms with E-state index in [-0.39, 0.29) is 0 Å². The summed E-state index contributed by atoms with van der Waals surface area (Å²) in [5.41, 5.74) is 7.51. The van der Waals surface area contributed by atoms with Gasteiger partial charge in [0.25, 0.3) is 0 Å². The molecule has 5 nitrogen and oxygen atoms in total. The second-order valence-electron chi connectivity index (χ2n) is 4.46. The molecule has 17 heavy (non-hydrogen) atoms. The van der Waals surface area contributed by atoms with Crippen LogP contribution in [0.2, 0.25) is 0 Å². The van der Waals surface area contributed by atoms with E-state index < -0.39 is 0 Å². The molecular formula is C12H15N5. The second kappa shape index (κ2) is 4.16. The van der Waals surface area contributed by atoms with Crippen molar-refractivity contribution in [2.75, 3.05) is 5.73 Å². The average molecular weight is 229 g/mol. The Balaban J connectivity index is 2.04. The summed E-state index contributed by atoms with van der Waals surface area (Å²) < 4.78 is 2.15. The Bertz CT molecular complexity index is 513. The molecule has 0 aliphatic heterocycles. The average Bonchev–Trinajstić information content (AvgIpc) is 3.00. The highest BCUT2D eigenvalue weighted by molar-refractivity contribution is 5.70. The monoisotopic (exact) mass is 229 g/mol. The van der Waals surface area contributed by atoms with Crippen LogP contribution in [-0.2, 0) is 0 Å². The first-order chi connectivity index (χ1) is 8.36. The first kappa shape index (κ1) is 10.3. The maximum atomic E-state index is 5.94. The van der Waals surface area contributed by atoms with Crippen molar-refractivity contribution in [3.63, 3.8) is 0 Å². The van der Waals surface area contributed by atoms with Gasteiger partial charge in [0.15, 0.2) is 5.82 Å². The van der Waals surface area contributed by atoms with E-state index in [4.69, 9.17) is 5.73 Å². The smallest absolute Gasteiger partial charge is 0.166 e. The molecule has 0 atom stereocenters. The predicted molar refractivity (Wildman–Crippen MR) is 65.2 cm³/mol. The van der Waals surface area contributed by atoms with E-state index in [1.54, 1.807) is 12.4 Å². The van der Waals surface area contributed by atoms with Gasteiger partial charge >= 0.3 is 0 Å². The highest BCUT2D eigenvalue weighted by atomic mass is 15.3. The van der Waals surface area contributed by atoms with Crippen LogP contribution in [0, 0.1) is 0 Å². The topological polar surface area (TPSA) is 69.6 Å². The molecule has 0 radical (unpaired) electrons. The fraction of sp³-hybridized carbons (Fsp3) is 0.417. The first-order valence-electron chi connectivity index (χ1n) is 5.95. The van der Waals surface area contributed by atoms with Crippen LogP contribution in [0.4, 0.5) is 5.69 Å². The highest BCUT2D eigenvalue weighted by Crippen LogP contribution is 2.33. The molecule has 2 aromatic rings. The Hall–Kier alpha value is -1.91. The van der Waals surface area contributed by atoms with Gasteiger partial charge in [0.05, 0.1) is 11.9 Å². The number of nitrogens with two attached hydrogens (primary N) is 1. The summed E-state index contributed by atoms with van der Waals surface area (Å²) in [4.78, 5) is 4.00. The molecule has 1 aliphatic carbocycles. The number of aromatic nitrogens is 4. The van der Waals surface area contributed by atoms with E-state index in [0.717, 1.165) is 11.4 Å². The molecule has 1 fully saturated rings. The van der Waals surface area contributed by atoms with Crippen LogP contribution in [0.15, 0.2) is 24.8 Å². The van der Waals surface area contributed by atoms with Crippen molar-refractivity contribution in [2.45, 2.75) is 31.7 Å². The van der Waals surface area contributed by atoms with Gasteiger partial charge in [-0.2, -0.15) is 0 Å². The fourth-order valence-electron chi connectivity index (χ4n) is 2.50. The molecule has 0 spiro atoms. The molecule has 3 rings (SSSR count).